The molecule has 0 spiro atoms. The first-order chi connectivity index (χ1) is 6.65. The Balaban J connectivity index is 2.32. The highest BCUT2D eigenvalue weighted by Crippen LogP contribution is 2.21. The first kappa shape index (κ1) is 11.8. The van der Waals surface area contributed by atoms with Gasteiger partial charge >= 0.3 is 0 Å². The minimum atomic E-state index is -0.437. The molecule has 1 fully saturated rings. The first-order valence-electron chi connectivity index (χ1n) is 5.14. The van der Waals surface area contributed by atoms with Crippen LogP contribution in [0, 0.1) is 5.92 Å². The number of rotatable bonds is 3. The summed E-state index contributed by atoms with van der Waals surface area (Å²) in [7, 11) is 0. The van der Waals surface area contributed by atoms with E-state index in [-0.39, 0.29) is 12.6 Å². The van der Waals surface area contributed by atoms with Crippen LogP contribution in [-0.2, 0) is 4.79 Å². The average Bonchev–Trinajstić information content (AvgIpc) is 2.18. The summed E-state index contributed by atoms with van der Waals surface area (Å²) in [5.41, 5.74) is 0. The Morgan fingerprint density at radius 2 is 2.14 bits per heavy atom. The van der Waals surface area contributed by atoms with E-state index in [4.69, 9.17) is 11.6 Å². The molecule has 0 aromatic rings. The monoisotopic (exact) mass is 221 g/mol. The number of halogens is 2. The van der Waals surface area contributed by atoms with Crippen LogP contribution in [0.1, 0.15) is 26.2 Å². The van der Waals surface area contributed by atoms with Crippen LogP contribution in [0.4, 0.5) is 4.39 Å². The molecule has 14 heavy (non-hydrogen) atoms. The van der Waals surface area contributed by atoms with Crippen LogP contribution < -0.4 is 0 Å². The predicted octanol–water partition coefficient (Wildman–Crippen LogP) is 2.21. The molecule has 4 heteroatoms. The van der Waals surface area contributed by atoms with Gasteiger partial charge < -0.3 is 4.90 Å². The summed E-state index contributed by atoms with van der Waals surface area (Å²) >= 11 is 5.71. The second kappa shape index (κ2) is 5.54. The zero-order valence-electron chi connectivity index (χ0n) is 8.51. The van der Waals surface area contributed by atoms with Crippen molar-refractivity contribution < 1.29 is 9.18 Å². The van der Waals surface area contributed by atoms with Crippen molar-refractivity contribution in [2.24, 2.45) is 5.92 Å². The first-order valence-corrected chi connectivity index (χ1v) is 5.57. The van der Waals surface area contributed by atoms with Crippen molar-refractivity contribution in [2.75, 3.05) is 19.8 Å². The molecule has 2 nitrogen and oxygen atoms in total. The maximum Gasteiger partial charge on any atom is 0.240 e. The topological polar surface area (TPSA) is 20.3 Å². The van der Waals surface area contributed by atoms with Gasteiger partial charge in [0.2, 0.25) is 5.91 Å². The van der Waals surface area contributed by atoms with E-state index < -0.39 is 5.38 Å². The molecule has 1 aliphatic rings. The molecule has 1 saturated heterocycles. The normalized spacial score (nSPS) is 20.9. The fraction of sp³-hybridized carbons (Fsp3) is 0.900. The molecule has 0 bridgehead atoms. The molecule has 0 N–H and O–H groups in total. The number of likely N-dealkylation sites (tertiary alicyclic amines) is 1. The highest BCUT2D eigenvalue weighted by Gasteiger charge is 2.24. The van der Waals surface area contributed by atoms with Gasteiger partial charge in [0.25, 0.3) is 0 Å². The van der Waals surface area contributed by atoms with Crippen LogP contribution in [0.25, 0.3) is 0 Å². The lowest BCUT2D eigenvalue weighted by molar-refractivity contribution is -0.131. The van der Waals surface area contributed by atoms with Gasteiger partial charge in [-0.05, 0) is 32.1 Å². The molecule has 1 rings (SSSR count). The zero-order valence-corrected chi connectivity index (χ0v) is 9.26. The number of carbonyl (C=O) groups is 1. The second-order valence-corrected chi connectivity index (χ2v) is 4.52. The molecule has 0 aliphatic carbocycles. The molecule has 0 aromatic heterocycles. The highest BCUT2D eigenvalue weighted by molar-refractivity contribution is 6.30. The molecule has 1 aliphatic heterocycles. The van der Waals surface area contributed by atoms with Gasteiger partial charge in [0.1, 0.15) is 5.38 Å². The highest BCUT2D eigenvalue weighted by atomic mass is 35.5. The number of nitrogens with zero attached hydrogens (tertiary/aromatic N) is 1. The number of carbonyl (C=O) groups excluding carboxylic acids is 1. The van der Waals surface area contributed by atoms with Crippen LogP contribution >= 0.6 is 11.6 Å². The van der Waals surface area contributed by atoms with Gasteiger partial charge in [-0.15, -0.1) is 11.6 Å². The third kappa shape index (κ3) is 3.12. The minimum Gasteiger partial charge on any atom is -0.341 e. The van der Waals surface area contributed by atoms with Gasteiger partial charge in [-0.25, -0.2) is 0 Å². The van der Waals surface area contributed by atoms with Gasteiger partial charge in [0.15, 0.2) is 0 Å². The Morgan fingerprint density at radius 1 is 1.57 bits per heavy atom. The van der Waals surface area contributed by atoms with Crippen molar-refractivity contribution in [1.82, 2.24) is 4.90 Å². The van der Waals surface area contributed by atoms with Gasteiger partial charge in [-0.3, -0.25) is 9.18 Å². The summed E-state index contributed by atoms with van der Waals surface area (Å²) in [6.07, 6.45) is 2.47. The molecule has 0 unspecified atom stereocenters. The number of piperidine rings is 1. The van der Waals surface area contributed by atoms with E-state index in [1.807, 2.05) is 0 Å². The van der Waals surface area contributed by atoms with Gasteiger partial charge in [0, 0.05) is 13.1 Å². The van der Waals surface area contributed by atoms with Crippen LogP contribution in [0.3, 0.4) is 0 Å². The van der Waals surface area contributed by atoms with E-state index in [1.165, 1.54) is 0 Å². The minimum absolute atomic E-state index is 0.00497. The van der Waals surface area contributed by atoms with Crippen LogP contribution in [0.15, 0.2) is 0 Å². The summed E-state index contributed by atoms with van der Waals surface area (Å²) in [6.45, 7) is 2.92. The summed E-state index contributed by atoms with van der Waals surface area (Å²) in [6, 6.07) is 0. The quantitative estimate of drug-likeness (QED) is 0.670. The van der Waals surface area contributed by atoms with E-state index in [9.17, 15) is 9.18 Å². The van der Waals surface area contributed by atoms with Crippen LogP contribution in [0.5, 0.6) is 0 Å². The molecule has 1 amide bonds. The molecule has 0 radical (unpaired) electrons. The lowest BCUT2D eigenvalue weighted by Crippen LogP contribution is -2.41. The third-order valence-corrected chi connectivity index (χ3v) is 2.97. The second-order valence-electron chi connectivity index (χ2n) is 3.86. The van der Waals surface area contributed by atoms with Gasteiger partial charge in [-0.1, -0.05) is 0 Å². The van der Waals surface area contributed by atoms with Crippen molar-refractivity contribution in [3.63, 3.8) is 0 Å². The smallest absolute Gasteiger partial charge is 0.240 e. The van der Waals surface area contributed by atoms with E-state index in [2.05, 4.69) is 0 Å². The number of hydrogen-bond donors (Lipinski definition) is 0. The van der Waals surface area contributed by atoms with Crippen molar-refractivity contribution in [3.8, 4) is 0 Å². The lowest BCUT2D eigenvalue weighted by Gasteiger charge is -2.32. The Labute approximate surface area is 89.4 Å². The van der Waals surface area contributed by atoms with E-state index in [1.54, 1.807) is 11.8 Å². The summed E-state index contributed by atoms with van der Waals surface area (Å²) in [5, 5.41) is -0.437. The molecule has 1 heterocycles. The van der Waals surface area contributed by atoms with Crippen molar-refractivity contribution >= 4 is 17.5 Å². The summed E-state index contributed by atoms with van der Waals surface area (Å²) in [5.74, 6) is 0.458. The van der Waals surface area contributed by atoms with Crippen LogP contribution in [-0.4, -0.2) is 35.9 Å². The lowest BCUT2D eigenvalue weighted by atomic mass is 9.94. The molecular weight excluding hydrogens is 205 g/mol. The molecule has 0 saturated carbocycles. The Bertz CT molecular complexity index is 191. The average molecular weight is 222 g/mol. The van der Waals surface area contributed by atoms with Crippen molar-refractivity contribution in [1.29, 1.82) is 0 Å². The molecular formula is C10H17ClFNO. The van der Waals surface area contributed by atoms with Gasteiger partial charge in [-0.2, -0.15) is 0 Å². The van der Waals surface area contributed by atoms with E-state index in [0.29, 0.717) is 12.3 Å². The molecule has 0 aromatic carbocycles. The number of amides is 1. The number of hydrogen-bond acceptors (Lipinski definition) is 1. The maximum absolute atomic E-state index is 12.1. The molecule has 1 atom stereocenters. The van der Waals surface area contributed by atoms with Crippen LogP contribution in [0.2, 0.25) is 0 Å². The predicted molar refractivity (Wildman–Crippen MR) is 55.2 cm³/mol. The summed E-state index contributed by atoms with van der Waals surface area (Å²) < 4.78 is 12.1. The Hall–Kier alpha value is -0.310. The number of alkyl halides is 2. The third-order valence-electron chi connectivity index (χ3n) is 2.78. The largest absolute Gasteiger partial charge is 0.341 e. The van der Waals surface area contributed by atoms with Crippen molar-refractivity contribution in [2.45, 2.75) is 31.6 Å². The van der Waals surface area contributed by atoms with Gasteiger partial charge in [0.05, 0.1) is 6.67 Å². The Morgan fingerprint density at radius 3 is 2.57 bits per heavy atom. The SMILES string of the molecule is C[C@H](Cl)C(=O)N1CCC(CCF)CC1. The Kier molecular flexibility index (Phi) is 4.66. The summed E-state index contributed by atoms with van der Waals surface area (Å²) in [4.78, 5) is 13.3. The van der Waals surface area contributed by atoms with Crippen molar-refractivity contribution in [3.05, 3.63) is 0 Å². The molecule has 82 valence electrons. The van der Waals surface area contributed by atoms with E-state index >= 15 is 0 Å². The fourth-order valence-electron chi connectivity index (χ4n) is 1.85. The van der Waals surface area contributed by atoms with E-state index in [0.717, 1.165) is 25.9 Å². The maximum atomic E-state index is 12.1. The zero-order chi connectivity index (χ0) is 10.6. The standard InChI is InChI=1S/C10H17ClFNO/c1-8(11)10(14)13-6-3-9(2-5-12)4-7-13/h8-9H,2-7H2,1H3/t8-/m0/s1. The fourth-order valence-corrected chi connectivity index (χ4v) is 1.99.